The normalized spacial score (nSPS) is 11.7. The third-order valence-electron chi connectivity index (χ3n) is 4.36. The quantitative estimate of drug-likeness (QED) is 0.772. The Balaban J connectivity index is 2.71. The summed E-state index contributed by atoms with van der Waals surface area (Å²) in [5.41, 5.74) is -0.796. The number of amides is 1. The van der Waals surface area contributed by atoms with Gasteiger partial charge in [-0.15, -0.1) is 0 Å². The molecule has 0 aromatic heterocycles. The molecule has 1 rings (SSSR count). The number of aliphatic hydroxyl groups excluding tert-OH is 1. The van der Waals surface area contributed by atoms with Crippen LogP contribution in [0.4, 0.5) is 0 Å². The molecule has 23 heavy (non-hydrogen) atoms. The van der Waals surface area contributed by atoms with Gasteiger partial charge in [-0.3, -0.25) is 4.79 Å². The van der Waals surface area contributed by atoms with E-state index in [-0.39, 0.29) is 17.9 Å². The fourth-order valence-electron chi connectivity index (χ4n) is 2.20. The van der Waals surface area contributed by atoms with Gasteiger partial charge < -0.3 is 15.2 Å². The molecule has 0 atom stereocenters. The molecule has 1 aromatic carbocycles. The molecule has 0 aliphatic rings. The predicted octanol–water partition coefficient (Wildman–Crippen LogP) is 2.63. The lowest BCUT2D eigenvalue weighted by atomic mass is 9.83. The summed E-state index contributed by atoms with van der Waals surface area (Å²) in [4.78, 5) is 12.4. The van der Waals surface area contributed by atoms with Gasteiger partial charge >= 0.3 is 0 Å². The first kappa shape index (κ1) is 19.0. The Kier molecular flexibility index (Phi) is 6.59. The van der Waals surface area contributed by atoms with Crippen LogP contribution in [0.15, 0.2) is 24.3 Å². The fourth-order valence-corrected chi connectivity index (χ4v) is 2.20. The highest BCUT2D eigenvalue weighted by molar-refractivity contribution is 5.84. The van der Waals surface area contributed by atoms with E-state index in [1.165, 1.54) is 0 Å². The molecule has 0 radical (unpaired) electrons. The van der Waals surface area contributed by atoms with Gasteiger partial charge in [0.15, 0.2) is 5.60 Å². The Morgan fingerprint density at radius 1 is 1.26 bits per heavy atom. The maximum absolute atomic E-state index is 12.4. The number of hydrogen-bond donors (Lipinski definition) is 2. The second kappa shape index (κ2) is 7.98. The Labute approximate surface area is 138 Å². The summed E-state index contributed by atoms with van der Waals surface area (Å²) >= 11 is 0. The second-order valence-electron chi connectivity index (χ2n) is 6.30. The van der Waals surface area contributed by atoms with Crippen LogP contribution in [0.1, 0.15) is 46.1 Å². The standard InChI is InChI=1S/C18H26N2O3/c1-5-18(6-2,13-21)12-20-16(22)17(3,4)23-15-9-7-14(11-19)8-10-15/h7-10,21H,5-6,12-13H2,1-4H3,(H,20,22). The van der Waals surface area contributed by atoms with Crippen molar-refractivity contribution in [3.8, 4) is 11.8 Å². The lowest BCUT2D eigenvalue weighted by Gasteiger charge is -2.32. The van der Waals surface area contributed by atoms with Crippen molar-refractivity contribution in [2.24, 2.45) is 5.41 Å². The van der Waals surface area contributed by atoms with Crippen molar-refractivity contribution in [3.63, 3.8) is 0 Å². The maximum Gasteiger partial charge on any atom is 0.263 e. The lowest BCUT2D eigenvalue weighted by molar-refractivity contribution is -0.134. The van der Waals surface area contributed by atoms with Crippen LogP contribution in [0.3, 0.4) is 0 Å². The van der Waals surface area contributed by atoms with Crippen molar-refractivity contribution in [1.82, 2.24) is 5.32 Å². The Hall–Kier alpha value is -2.06. The zero-order valence-corrected chi connectivity index (χ0v) is 14.3. The molecule has 0 bridgehead atoms. The van der Waals surface area contributed by atoms with E-state index >= 15 is 0 Å². The molecule has 0 aliphatic carbocycles. The second-order valence-corrected chi connectivity index (χ2v) is 6.30. The Morgan fingerprint density at radius 3 is 2.26 bits per heavy atom. The highest BCUT2D eigenvalue weighted by atomic mass is 16.5. The number of ether oxygens (including phenoxy) is 1. The van der Waals surface area contributed by atoms with Crippen LogP contribution in [0, 0.1) is 16.7 Å². The van der Waals surface area contributed by atoms with Crippen LogP contribution in [0.5, 0.6) is 5.75 Å². The van der Waals surface area contributed by atoms with E-state index in [1.54, 1.807) is 38.1 Å². The summed E-state index contributed by atoms with van der Waals surface area (Å²) in [7, 11) is 0. The highest BCUT2D eigenvalue weighted by Gasteiger charge is 2.33. The summed E-state index contributed by atoms with van der Waals surface area (Å²) in [6.45, 7) is 7.85. The van der Waals surface area contributed by atoms with Crippen LogP contribution in [-0.2, 0) is 4.79 Å². The molecule has 0 fully saturated rings. The first-order valence-corrected chi connectivity index (χ1v) is 7.91. The van der Waals surface area contributed by atoms with Gasteiger partial charge in [0.2, 0.25) is 0 Å². The van der Waals surface area contributed by atoms with Crippen LogP contribution >= 0.6 is 0 Å². The molecule has 2 N–H and O–H groups in total. The Bertz CT molecular complexity index is 546. The average molecular weight is 318 g/mol. The van der Waals surface area contributed by atoms with Crippen molar-refractivity contribution in [2.45, 2.75) is 46.1 Å². The van der Waals surface area contributed by atoms with Gasteiger partial charge in [-0.1, -0.05) is 13.8 Å². The number of benzene rings is 1. The van der Waals surface area contributed by atoms with Crippen LogP contribution in [0.25, 0.3) is 0 Å². The SMILES string of the molecule is CCC(CC)(CO)CNC(=O)C(C)(C)Oc1ccc(C#N)cc1. The monoisotopic (exact) mass is 318 g/mol. The van der Waals surface area contributed by atoms with Crippen molar-refractivity contribution in [2.75, 3.05) is 13.2 Å². The average Bonchev–Trinajstić information content (AvgIpc) is 2.56. The third-order valence-corrected chi connectivity index (χ3v) is 4.36. The van der Waals surface area contributed by atoms with Crippen LogP contribution in [0.2, 0.25) is 0 Å². The minimum absolute atomic E-state index is 0.0389. The van der Waals surface area contributed by atoms with Gasteiger partial charge in [-0.2, -0.15) is 5.26 Å². The van der Waals surface area contributed by atoms with E-state index in [0.29, 0.717) is 17.9 Å². The molecule has 5 heteroatoms. The molecule has 0 heterocycles. The smallest absolute Gasteiger partial charge is 0.263 e. The van der Waals surface area contributed by atoms with E-state index in [2.05, 4.69) is 5.32 Å². The summed E-state index contributed by atoms with van der Waals surface area (Å²) in [6, 6.07) is 8.67. The summed E-state index contributed by atoms with van der Waals surface area (Å²) in [5, 5.41) is 21.2. The molecule has 0 spiro atoms. The van der Waals surface area contributed by atoms with Crippen molar-refractivity contribution in [1.29, 1.82) is 5.26 Å². The topological polar surface area (TPSA) is 82.3 Å². The third kappa shape index (κ3) is 4.97. The maximum atomic E-state index is 12.4. The number of rotatable bonds is 8. The highest BCUT2D eigenvalue weighted by Crippen LogP contribution is 2.25. The number of aliphatic hydroxyl groups is 1. The molecule has 1 amide bonds. The molecular formula is C18H26N2O3. The summed E-state index contributed by atoms with van der Waals surface area (Å²) in [6.07, 6.45) is 1.58. The summed E-state index contributed by atoms with van der Waals surface area (Å²) < 4.78 is 5.75. The molecule has 0 unspecified atom stereocenters. The minimum atomic E-state index is -1.04. The number of hydrogen-bond acceptors (Lipinski definition) is 4. The molecule has 0 saturated carbocycles. The van der Waals surface area contributed by atoms with Gasteiger partial charge in [0.1, 0.15) is 5.75 Å². The fraction of sp³-hybridized carbons (Fsp3) is 0.556. The molecular weight excluding hydrogens is 292 g/mol. The van der Waals surface area contributed by atoms with E-state index in [9.17, 15) is 9.90 Å². The molecule has 0 aliphatic heterocycles. The lowest BCUT2D eigenvalue weighted by Crippen LogP contribution is -2.50. The van der Waals surface area contributed by atoms with Gasteiger partial charge in [0, 0.05) is 12.0 Å². The van der Waals surface area contributed by atoms with E-state index < -0.39 is 5.60 Å². The zero-order chi connectivity index (χ0) is 17.5. The van der Waals surface area contributed by atoms with Crippen molar-refractivity contribution >= 4 is 5.91 Å². The zero-order valence-electron chi connectivity index (χ0n) is 14.3. The number of carbonyl (C=O) groups is 1. The minimum Gasteiger partial charge on any atom is -0.478 e. The van der Waals surface area contributed by atoms with E-state index in [4.69, 9.17) is 10.00 Å². The molecule has 5 nitrogen and oxygen atoms in total. The first-order chi connectivity index (χ1) is 10.8. The summed E-state index contributed by atoms with van der Waals surface area (Å²) in [5.74, 6) is 0.296. The van der Waals surface area contributed by atoms with E-state index in [0.717, 1.165) is 12.8 Å². The number of nitriles is 1. The van der Waals surface area contributed by atoms with E-state index in [1.807, 2.05) is 19.9 Å². The van der Waals surface area contributed by atoms with Gasteiger partial charge in [0.05, 0.1) is 18.2 Å². The van der Waals surface area contributed by atoms with Crippen molar-refractivity contribution in [3.05, 3.63) is 29.8 Å². The molecule has 0 saturated heterocycles. The van der Waals surface area contributed by atoms with Crippen LogP contribution < -0.4 is 10.1 Å². The number of carbonyl (C=O) groups excluding carboxylic acids is 1. The first-order valence-electron chi connectivity index (χ1n) is 7.91. The molecule has 1 aromatic rings. The Morgan fingerprint density at radius 2 is 1.83 bits per heavy atom. The van der Waals surface area contributed by atoms with Gasteiger partial charge in [-0.05, 0) is 51.0 Å². The number of nitrogens with one attached hydrogen (secondary N) is 1. The molecule has 126 valence electrons. The van der Waals surface area contributed by atoms with Crippen LogP contribution in [-0.4, -0.2) is 29.8 Å². The predicted molar refractivity (Wildman–Crippen MR) is 89.0 cm³/mol. The van der Waals surface area contributed by atoms with Gasteiger partial charge in [0.25, 0.3) is 5.91 Å². The largest absolute Gasteiger partial charge is 0.478 e. The number of nitrogens with zero attached hydrogens (tertiary/aromatic N) is 1. The van der Waals surface area contributed by atoms with Crippen molar-refractivity contribution < 1.29 is 14.6 Å². The van der Waals surface area contributed by atoms with Gasteiger partial charge in [-0.25, -0.2) is 0 Å².